The van der Waals surface area contributed by atoms with Crippen LogP contribution in [0, 0.1) is 0 Å². The molecule has 0 saturated heterocycles. The number of amides is 1. The highest BCUT2D eigenvalue weighted by molar-refractivity contribution is 7.45. The number of phosphoric acid groups is 1. The summed E-state index contributed by atoms with van der Waals surface area (Å²) in [5.41, 5.74) is 0. The van der Waals surface area contributed by atoms with Gasteiger partial charge in [-0.3, -0.25) is 9.36 Å². The first-order valence-corrected chi connectivity index (χ1v) is 35.1. The van der Waals surface area contributed by atoms with Crippen LogP contribution in [0.4, 0.5) is 0 Å². The molecule has 0 aromatic rings. The lowest BCUT2D eigenvalue weighted by molar-refractivity contribution is -0.870. The van der Waals surface area contributed by atoms with Crippen molar-refractivity contribution in [2.75, 3.05) is 40.9 Å². The molecule has 0 bridgehead atoms. The van der Waals surface area contributed by atoms with Crippen molar-refractivity contribution < 1.29 is 32.9 Å². The quantitative estimate of drug-likeness (QED) is 0.0272. The van der Waals surface area contributed by atoms with Crippen LogP contribution in [0.25, 0.3) is 0 Å². The summed E-state index contributed by atoms with van der Waals surface area (Å²) in [5, 5.41) is 14.0. The number of rotatable bonds is 60. The number of carbonyl (C=O) groups excluding carboxylic acids is 1. The number of aliphatic hydroxyl groups excluding tert-OH is 1. The molecule has 0 spiro atoms. The lowest BCUT2D eigenvalue weighted by atomic mass is 10.0. The van der Waals surface area contributed by atoms with Gasteiger partial charge in [-0.1, -0.05) is 301 Å². The zero-order valence-electron chi connectivity index (χ0n) is 54.1. The van der Waals surface area contributed by atoms with Gasteiger partial charge < -0.3 is 28.8 Å². The third-order valence-corrected chi connectivity index (χ3v) is 15.3. The normalized spacial score (nSPS) is 14.6. The minimum absolute atomic E-state index is 0.00375. The number of unbranched alkanes of at least 4 members (excludes halogenated alkanes) is 23. The van der Waals surface area contributed by atoms with Crippen molar-refractivity contribution in [3.05, 3.63) is 146 Å². The summed E-state index contributed by atoms with van der Waals surface area (Å²) in [6.45, 7) is 4.58. The highest BCUT2D eigenvalue weighted by atomic mass is 31.2. The Labute approximate surface area is 512 Å². The Morgan fingerprint density at radius 2 is 0.735 bits per heavy atom. The van der Waals surface area contributed by atoms with Crippen molar-refractivity contribution in [1.29, 1.82) is 0 Å². The van der Waals surface area contributed by atoms with Crippen molar-refractivity contribution >= 4 is 13.7 Å². The number of nitrogens with zero attached hydrogens (tertiary/aromatic N) is 1. The Hall–Kier alpha value is -3.62. The van der Waals surface area contributed by atoms with Gasteiger partial charge in [0, 0.05) is 6.42 Å². The van der Waals surface area contributed by atoms with E-state index >= 15 is 0 Å². The molecular weight excluding hydrogens is 1040 g/mol. The number of hydrogen-bond acceptors (Lipinski definition) is 6. The molecule has 0 aromatic heterocycles. The number of carbonyl (C=O) groups is 1. The van der Waals surface area contributed by atoms with E-state index in [1.54, 1.807) is 0 Å². The maximum absolute atomic E-state index is 13.0. The fraction of sp³-hybridized carbons (Fsp3) is 0.662. The van der Waals surface area contributed by atoms with Crippen LogP contribution in [0.3, 0.4) is 0 Å². The Bertz CT molecular complexity index is 1860. The number of allylic oxidation sites excluding steroid dienone is 24. The summed E-state index contributed by atoms with van der Waals surface area (Å²) < 4.78 is 23.5. The summed E-state index contributed by atoms with van der Waals surface area (Å²) in [7, 11) is 1.26. The standard InChI is InChI=1S/C74H127N2O6P/c1-6-8-10-12-14-16-18-20-22-24-26-28-30-31-32-33-34-35-36-37-38-39-40-41-42-43-44-45-46-48-50-52-54-56-58-60-62-64-66-68-74(78)75-72(71-82-83(79,80)81-70-69-76(3,4)5)73(77)67-65-63-61-59-57-55-53-51-49-47-29-27-25-23-21-19-17-15-13-11-9-7-2/h8,10,14,16,20,22,26,28,31-32,34-35,37-38,40-41,43-44,46,48,52,54,58,60,72-73,77H,6-7,9,11-13,15,17-19,21,23-25,27,29-30,33,36,39,42,45,47,49-51,53,55-57,59,61-71H2,1-5H3,(H-,75,78,79,80)/b10-8-,16-14-,22-20-,28-26-,32-31-,35-34-,38-37-,41-40-,44-43-,48-46-,54-52-,60-58-. The van der Waals surface area contributed by atoms with Crippen molar-refractivity contribution in [2.45, 2.75) is 276 Å². The minimum Gasteiger partial charge on any atom is -0.756 e. The van der Waals surface area contributed by atoms with E-state index in [0.29, 0.717) is 30.3 Å². The lowest BCUT2D eigenvalue weighted by Crippen LogP contribution is -2.46. The number of nitrogens with one attached hydrogen (secondary N) is 1. The smallest absolute Gasteiger partial charge is 0.268 e. The molecule has 0 saturated carbocycles. The average Bonchev–Trinajstić information content (AvgIpc) is 3.50. The van der Waals surface area contributed by atoms with Gasteiger partial charge in [0.05, 0.1) is 39.9 Å². The fourth-order valence-electron chi connectivity index (χ4n) is 9.14. The van der Waals surface area contributed by atoms with Crippen molar-refractivity contribution in [2.24, 2.45) is 0 Å². The molecule has 0 rings (SSSR count). The van der Waals surface area contributed by atoms with Crippen LogP contribution in [0.2, 0.25) is 0 Å². The fourth-order valence-corrected chi connectivity index (χ4v) is 9.86. The molecule has 2 N–H and O–H groups in total. The van der Waals surface area contributed by atoms with Crippen LogP contribution in [-0.4, -0.2) is 68.5 Å². The van der Waals surface area contributed by atoms with Crippen LogP contribution in [0.1, 0.15) is 264 Å². The molecule has 83 heavy (non-hydrogen) atoms. The molecule has 8 nitrogen and oxygen atoms in total. The number of aliphatic hydroxyl groups is 1. The van der Waals surface area contributed by atoms with E-state index in [1.807, 2.05) is 21.1 Å². The van der Waals surface area contributed by atoms with E-state index in [2.05, 4.69) is 165 Å². The highest BCUT2D eigenvalue weighted by Gasteiger charge is 2.24. The Balaban J connectivity index is 4.23. The monoisotopic (exact) mass is 1170 g/mol. The molecule has 3 atom stereocenters. The molecule has 0 aromatic carbocycles. The van der Waals surface area contributed by atoms with E-state index in [1.165, 1.54) is 122 Å². The minimum atomic E-state index is -4.60. The topological polar surface area (TPSA) is 108 Å². The third kappa shape index (κ3) is 65.8. The maximum atomic E-state index is 13.0. The number of hydrogen-bond donors (Lipinski definition) is 2. The molecule has 3 unspecified atom stereocenters. The summed E-state index contributed by atoms with van der Waals surface area (Å²) in [6, 6.07) is -0.836. The van der Waals surface area contributed by atoms with Gasteiger partial charge in [-0.2, -0.15) is 0 Å². The van der Waals surface area contributed by atoms with Crippen LogP contribution in [0.15, 0.2) is 146 Å². The van der Waals surface area contributed by atoms with E-state index < -0.39 is 20.0 Å². The maximum Gasteiger partial charge on any atom is 0.268 e. The van der Waals surface area contributed by atoms with Gasteiger partial charge in [0.15, 0.2) is 0 Å². The van der Waals surface area contributed by atoms with Gasteiger partial charge in [0.2, 0.25) is 5.91 Å². The second-order valence-corrected chi connectivity index (χ2v) is 24.9. The summed E-state index contributed by atoms with van der Waals surface area (Å²) in [5.74, 6) is -0.210. The molecule has 0 aliphatic heterocycles. The molecule has 0 aliphatic carbocycles. The third-order valence-electron chi connectivity index (χ3n) is 14.3. The van der Waals surface area contributed by atoms with E-state index in [0.717, 1.165) is 109 Å². The van der Waals surface area contributed by atoms with Crippen molar-refractivity contribution in [3.8, 4) is 0 Å². The van der Waals surface area contributed by atoms with Crippen molar-refractivity contribution in [3.63, 3.8) is 0 Å². The summed E-state index contributed by atoms with van der Waals surface area (Å²) in [6.07, 6.45) is 96.2. The number of likely N-dealkylation sites (N-methyl/N-ethyl adjacent to an activating group) is 1. The molecule has 0 aliphatic rings. The predicted molar refractivity (Wildman–Crippen MR) is 361 cm³/mol. The van der Waals surface area contributed by atoms with Crippen LogP contribution in [-0.2, 0) is 18.4 Å². The molecule has 0 heterocycles. The molecule has 0 radical (unpaired) electrons. The molecule has 0 fully saturated rings. The van der Waals surface area contributed by atoms with Crippen LogP contribution in [0.5, 0.6) is 0 Å². The molecule has 9 heteroatoms. The van der Waals surface area contributed by atoms with E-state index in [4.69, 9.17) is 9.05 Å². The average molecular weight is 1170 g/mol. The number of phosphoric ester groups is 1. The lowest BCUT2D eigenvalue weighted by Gasteiger charge is -2.30. The predicted octanol–water partition coefficient (Wildman–Crippen LogP) is 21.0. The van der Waals surface area contributed by atoms with Gasteiger partial charge in [-0.25, -0.2) is 0 Å². The first kappa shape index (κ1) is 79.4. The van der Waals surface area contributed by atoms with Gasteiger partial charge in [-0.05, 0) is 103 Å². The largest absolute Gasteiger partial charge is 0.756 e. The summed E-state index contributed by atoms with van der Waals surface area (Å²) >= 11 is 0. The van der Waals surface area contributed by atoms with Gasteiger partial charge >= 0.3 is 0 Å². The summed E-state index contributed by atoms with van der Waals surface area (Å²) in [4.78, 5) is 25.6. The van der Waals surface area contributed by atoms with Gasteiger partial charge in [0.1, 0.15) is 13.2 Å². The van der Waals surface area contributed by atoms with Crippen LogP contribution >= 0.6 is 7.82 Å². The molecule has 1 amide bonds. The highest BCUT2D eigenvalue weighted by Crippen LogP contribution is 2.38. The molecule has 474 valence electrons. The Morgan fingerprint density at radius 1 is 0.434 bits per heavy atom. The first-order valence-electron chi connectivity index (χ1n) is 33.7. The zero-order valence-corrected chi connectivity index (χ0v) is 55.0. The van der Waals surface area contributed by atoms with Crippen molar-refractivity contribution in [1.82, 2.24) is 5.32 Å². The van der Waals surface area contributed by atoms with Gasteiger partial charge in [0.25, 0.3) is 7.82 Å². The van der Waals surface area contributed by atoms with Gasteiger partial charge in [-0.15, -0.1) is 0 Å². The first-order chi connectivity index (χ1) is 40.5. The Kier molecular flexibility index (Phi) is 60.2. The molecular formula is C74H127N2O6P. The van der Waals surface area contributed by atoms with E-state index in [9.17, 15) is 19.4 Å². The Morgan fingerprint density at radius 3 is 1.05 bits per heavy atom. The second kappa shape index (κ2) is 62.9. The zero-order chi connectivity index (χ0) is 60.5. The second-order valence-electron chi connectivity index (χ2n) is 23.4. The van der Waals surface area contributed by atoms with Crippen LogP contribution < -0.4 is 10.2 Å². The SMILES string of the molecule is CC/C=C\C/C=C\C/C=C\C/C=C\C/C=C\C/C=C\C/C=C\C/C=C\C/C=C\C/C=C\C/C=C\C/C=C\CCCCC(=O)NC(COP(=O)([O-])OCC[N+](C)(C)C)C(O)CCCCCCCCCCCCCCCCCCCCCCCC. The number of quaternary nitrogens is 1. The van der Waals surface area contributed by atoms with E-state index in [-0.39, 0.29) is 19.1 Å².